The zero-order chi connectivity index (χ0) is 14.9. The van der Waals surface area contributed by atoms with Gasteiger partial charge in [-0.15, -0.1) is 9.24 Å². The first-order valence-electron chi connectivity index (χ1n) is 6.88. The first-order valence-corrected chi connectivity index (χ1v) is 7.46. The smallest absolute Gasteiger partial charge is 0.0184 e. The molecule has 1 atom stereocenters. The van der Waals surface area contributed by atoms with Gasteiger partial charge in [-0.05, 0) is 22.0 Å². The molecule has 0 radical (unpaired) electrons. The third-order valence-electron chi connectivity index (χ3n) is 3.05. The topological polar surface area (TPSA) is 0 Å². The van der Waals surface area contributed by atoms with Gasteiger partial charge >= 0.3 is 0 Å². The third kappa shape index (κ3) is 5.02. The molecule has 0 aliphatic heterocycles. The van der Waals surface area contributed by atoms with Crippen LogP contribution in [0.25, 0.3) is 17.2 Å². The first-order chi connectivity index (χ1) is 10.3. The van der Waals surface area contributed by atoms with E-state index in [1.807, 2.05) is 42.5 Å². The Labute approximate surface area is 129 Å². The van der Waals surface area contributed by atoms with Gasteiger partial charge in [-0.3, -0.25) is 0 Å². The van der Waals surface area contributed by atoms with Crippen molar-refractivity contribution in [3.8, 4) is 11.1 Å². The van der Waals surface area contributed by atoms with Gasteiger partial charge < -0.3 is 0 Å². The molecule has 21 heavy (non-hydrogen) atoms. The van der Waals surface area contributed by atoms with E-state index >= 15 is 0 Å². The lowest BCUT2D eigenvalue weighted by Gasteiger charge is -1.98. The summed E-state index contributed by atoms with van der Waals surface area (Å²) in [5, 5.41) is 1.21. The minimum absolute atomic E-state index is 1.17. The van der Waals surface area contributed by atoms with Crippen molar-refractivity contribution >= 4 is 20.6 Å². The van der Waals surface area contributed by atoms with Gasteiger partial charge in [-0.2, -0.15) is 0 Å². The van der Waals surface area contributed by atoms with Crippen LogP contribution in [0.1, 0.15) is 5.56 Å². The van der Waals surface area contributed by atoms with E-state index < -0.39 is 0 Å². The largest absolute Gasteiger partial charge is 0.106 e. The molecule has 0 fully saturated rings. The van der Waals surface area contributed by atoms with Gasteiger partial charge in [-0.1, -0.05) is 97.6 Å². The van der Waals surface area contributed by atoms with E-state index in [-0.39, 0.29) is 0 Å². The molecule has 0 heterocycles. The van der Waals surface area contributed by atoms with Crippen LogP contribution in [-0.2, 0) is 0 Å². The van der Waals surface area contributed by atoms with E-state index in [2.05, 4.69) is 64.3 Å². The van der Waals surface area contributed by atoms with E-state index in [9.17, 15) is 0 Å². The fraction of sp³-hybridized carbons (Fsp3) is 0. The van der Waals surface area contributed by atoms with Gasteiger partial charge in [0.1, 0.15) is 0 Å². The minimum atomic E-state index is 1.17. The third-order valence-corrected chi connectivity index (χ3v) is 3.44. The highest BCUT2D eigenvalue weighted by atomic mass is 31.0. The summed E-state index contributed by atoms with van der Waals surface area (Å²) in [5.74, 6) is 0. The molecule has 104 valence electrons. The number of benzene rings is 3. The minimum Gasteiger partial charge on any atom is -0.106 e. The van der Waals surface area contributed by atoms with Crippen molar-refractivity contribution in [2.75, 3.05) is 0 Å². The van der Waals surface area contributed by atoms with Crippen LogP contribution in [0.5, 0.6) is 0 Å². The maximum Gasteiger partial charge on any atom is -0.0184 e. The first kappa shape index (κ1) is 15.2. The van der Waals surface area contributed by atoms with Crippen LogP contribution >= 0.6 is 9.24 Å². The lowest BCUT2D eigenvalue weighted by Crippen LogP contribution is -1.86. The molecule has 3 aromatic carbocycles. The summed E-state index contributed by atoms with van der Waals surface area (Å²) in [4.78, 5) is 0. The summed E-state index contributed by atoms with van der Waals surface area (Å²) in [6.45, 7) is 3.65. The second-order valence-corrected chi connectivity index (χ2v) is 5.27. The van der Waals surface area contributed by atoms with E-state index in [0.29, 0.717) is 0 Å². The molecule has 0 aromatic heterocycles. The van der Waals surface area contributed by atoms with Gasteiger partial charge in [0.25, 0.3) is 0 Å². The van der Waals surface area contributed by atoms with Crippen molar-refractivity contribution in [3.63, 3.8) is 0 Å². The molecule has 0 nitrogen and oxygen atoms in total. The summed E-state index contributed by atoms with van der Waals surface area (Å²) in [7, 11) is 2.64. The molecule has 3 rings (SSSR count). The molecule has 0 bridgehead atoms. The second kappa shape index (κ2) is 8.19. The summed E-state index contributed by atoms with van der Waals surface area (Å²) in [6.07, 6.45) is 1.84. The van der Waals surface area contributed by atoms with Gasteiger partial charge in [0, 0.05) is 0 Å². The van der Waals surface area contributed by atoms with Crippen molar-refractivity contribution in [1.82, 2.24) is 0 Å². The Morgan fingerprint density at radius 1 is 0.619 bits per heavy atom. The summed E-state index contributed by atoms with van der Waals surface area (Å²) in [6, 6.07) is 28.9. The lowest BCUT2D eigenvalue weighted by molar-refractivity contribution is 1.62. The average molecular weight is 290 g/mol. The van der Waals surface area contributed by atoms with Crippen LogP contribution < -0.4 is 5.30 Å². The molecular weight excluding hydrogens is 271 g/mol. The van der Waals surface area contributed by atoms with Crippen molar-refractivity contribution < 1.29 is 0 Å². The lowest BCUT2D eigenvalue weighted by atomic mass is 10.1. The molecule has 0 aliphatic rings. The Hall–Kier alpha value is -2.17. The van der Waals surface area contributed by atoms with Crippen molar-refractivity contribution in [1.29, 1.82) is 0 Å². The SMILES string of the molecule is C=Cc1ccc(P)cc1.c1ccc(-c2ccccc2)cc1. The average Bonchev–Trinajstić information content (AvgIpc) is 2.58. The normalized spacial score (nSPS) is 9.38. The Kier molecular flexibility index (Phi) is 5.94. The van der Waals surface area contributed by atoms with Crippen LogP contribution in [0.15, 0.2) is 91.5 Å². The Bertz CT molecular complexity index is 618. The fourth-order valence-electron chi connectivity index (χ4n) is 1.89. The predicted molar refractivity (Wildman–Crippen MR) is 97.8 cm³/mol. The van der Waals surface area contributed by atoms with Crippen molar-refractivity contribution in [2.24, 2.45) is 0 Å². The zero-order valence-electron chi connectivity index (χ0n) is 11.9. The number of hydrogen-bond donors (Lipinski definition) is 0. The molecule has 0 amide bonds. The summed E-state index contributed by atoms with van der Waals surface area (Å²) in [5.41, 5.74) is 3.72. The van der Waals surface area contributed by atoms with Gasteiger partial charge in [0.2, 0.25) is 0 Å². The fourth-order valence-corrected chi connectivity index (χ4v) is 2.09. The van der Waals surface area contributed by atoms with Crippen LogP contribution in [0.2, 0.25) is 0 Å². The van der Waals surface area contributed by atoms with E-state index in [4.69, 9.17) is 0 Å². The predicted octanol–water partition coefficient (Wildman–Crippen LogP) is 5.18. The van der Waals surface area contributed by atoms with E-state index in [1.165, 1.54) is 22.0 Å². The molecule has 0 N–H and O–H groups in total. The summed E-state index contributed by atoms with van der Waals surface area (Å²) >= 11 is 0. The standard InChI is InChI=1S/C12H10.C8H9P/c1-3-7-11(8-4-1)12-9-5-2-6-10-12;1-2-7-3-5-8(9)6-4-7/h1-10H;2-6H,1,9H2. The van der Waals surface area contributed by atoms with Gasteiger partial charge in [0.05, 0.1) is 0 Å². The van der Waals surface area contributed by atoms with E-state index in [0.717, 1.165) is 0 Å². The van der Waals surface area contributed by atoms with Crippen molar-refractivity contribution in [2.45, 2.75) is 0 Å². The number of hydrogen-bond acceptors (Lipinski definition) is 0. The van der Waals surface area contributed by atoms with Crippen LogP contribution in [0.3, 0.4) is 0 Å². The van der Waals surface area contributed by atoms with Crippen LogP contribution in [-0.4, -0.2) is 0 Å². The monoisotopic (exact) mass is 290 g/mol. The Morgan fingerprint density at radius 3 is 1.43 bits per heavy atom. The highest BCUT2D eigenvalue weighted by Gasteiger charge is 1.91. The Morgan fingerprint density at radius 2 is 1.05 bits per heavy atom. The van der Waals surface area contributed by atoms with Crippen LogP contribution in [0.4, 0.5) is 0 Å². The quantitative estimate of drug-likeness (QED) is 0.570. The zero-order valence-corrected chi connectivity index (χ0v) is 13.1. The molecular formula is C20H19P. The maximum atomic E-state index is 3.65. The molecule has 1 unspecified atom stereocenters. The molecule has 0 spiro atoms. The molecule has 0 aliphatic carbocycles. The van der Waals surface area contributed by atoms with Gasteiger partial charge in [0.15, 0.2) is 0 Å². The highest BCUT2D eigenvalue weighted by Crippen LogP contribution is 2.17. The van der Waals surface area contributed by atoms with Gasteiger partial charge in [-0.25, -0.2) is 0 Å². The summed E-state index contributed by atoms with van der Waals surface area (Å²) < 4.78 is 0. The molecule has 3 aromatic rings. The molecule has 0 saturated heterocycles. The number of rotatable bonds is 2. The highest BCUT2D eigenvalue weighted by molar-refractivity contribution is 7.27. The molecule has 1 heteroatoms. The van der Waals surface area contributed by atoms with Crippen molar-refractivity contribution in [3.05, 3.63) is 97.1 Å². The maximum absolute atomic E-state index is 3.65. The second-order valence-electron chi connectivity index (χ2n) is 4.60. The van der Waals surface area contributed by atoms with E-state index in [1.54, 1.807) is 0 Å². The Balaban J connectivity index is 0.000000161. The molecule has 0 saturated carbocycles. The van der Waals surface area contributed by atoms with Crippen LogP contribution in [0, 0.1) is 0 Å².